The van der Waals surface area contributed by atoms with E-state index in [0.29, 0.717) is 55.9 Å². The van der Waals surface area contributed by atoms with Gasteiger partial charge in [0.1, 0.15) is 11.9 Å². The largest absolute Gasteiger partial charge is 0.472 e. The summed E-state index contributed by atoms with van der Waals surface area (Å²) in [7, 11) is 0. The number of nitrogen functional groups attached to an aromatic ring is 2. The topological polar surface area (TPSA) is 146 Å². The van der Waals surface area contributed by atoms with Crippen molar-refractivity contribution in [3.63, 3.8) is 0 Å². The van der Waals surface area contributed by atoms with Gasteiger partial charge in [-0.25, -0.2) is 9.97 Å². The average Bonchev–Trinajstić information content (AvgIpc) is 2.74. The number of amides is 1. The van der Waals surface area contributed by atoms with E-state index in [-0.39, 0.29) is 23.8 Å². The molecule has 2 fully saturated rings. The number of carbonyl (C=O) groups excluding carboxylic acids is 1. The SMILES string of the molecule is CC(=O)N1CCCC(Oc2cc(-c3cnc(N)nc3N)nc(N3CCOCC3)n2)C1. The smallest absolute Gasteiger partial charge is 0.229 e. The number of hydrogen-bond acceptors (Lipinski definition) is 10. The number of nitrogens with zero attached hydrogens (tertiary/aromatic N) is 6. The maximum absolute atomic E-state index is 11.7. The second kappa shape index (κ2) is 8.66. The van der Waals surface area contributed by atoms with Crippen LogP contribution in [0.4, 0.5) is 17.7 Å². The lowest BCUT2D eigenvalue weighted by Gasteiger charge is -2.32. The zero-order valence-corrected chi connectivity index (χ0v) is 17.0. The second-order valence-electron chi connectivity index (χ2n) is 7.37. The van der Waals surface area contributed by atoms with Crippen LogP contribution in [-0.2, 0) is 9.53 Å². The van der Waals surface area contributed by atoms with Crippen molar-refractivity contribution in [2.24, 2.45) is 0 Å². The van der Waals surface area contributed by atoms with E-state index in [4.69, 9.17) is 20.9 Å². The molecular weight excluding hydrogens is 388 g/mol. The Morgan fingerprint density at radius 2 is 2.00 bits per heavy atom. The van der Waals surface area contributed by atoms with Gasteiger partial charge in [-0.1, -0.05) is 0 Å². The van der Waals surface area contributed by atoms with E-state index in [2.05, 4.69) is 19.9 Å². The highest BCUT2D eigenvalue weighted by atomic mass is 16.5. The molecular formula is C19H26N8O3. The van der Waals surface area contributed by atoms with Gasteiger partial charge in [0.15, 0.2) is 0 Å². The van der Waals surface area contributed by atoms with Crippen LogP contribution in [0.3, 0.4) is 0 Å². The van der Waals surface area contributed by atoms with E-state index in [0.717, 1.165) is 19.4 Å². The summed E-state index contributed by atoms with van der Waals surface area (Å²) in [5.41, 5.74) is 12.8. The van der Waals surface area contributed by atoms with Crippen molar-refractivity contribution in [3.8, 4) is 17.1 Å². The molecule has 0 bridgehead atoms. The van der Waals surface area contributed by atoms with Gasteiger partial charge < -0.3 is 30.7 Å². The van der Waals surface area contributed by atoms with Crippen molar-refractivity contribution >= 4 is 23.6 Å². The van der Waals surface area contributed by atoms with Crippen LogP contribution in [-0.4, -0.2) is 76.2 Å². The minimum absolute atomic E-state index is 0.0486. The highest BCUT2D eigenvalue weighted by molar-refractivity contribution is 5.73. The molecule has 1 amide bonds. The molecule has 30 heavy (non-hydrogen) atoms. The zero-order chi connectivity index (χ0) is 21.1. The first-order chi connectivity index (χ1) is 14.5. The standard InChI is InChI=1S/C19H26N8O3/c1-12(28)27-4-2-3-13(11-27)30-16-9-15(14-10-22-18(21)25-17(14)20)23-19(24-16)26-5-7-29-8-6-26/h9-10,13H,2-8,11H2,1H3,(H4,20,21,22,25). The number of carbonyl (C=O) groups is 1. The lowest BCUT2D eigenvalue weighted by molar-refractivity contribution is -0.131. The second-order valence-corrected chi connectivity index (χ2v) is 7.37. The molecule has 1 atom stereocenters. The summed E-state index contributed by atoms with van der Waals surface area (Å²) in [5, 5.41) is 0. The Kier molecular flexibility index (Phi) is 5.79. The number of anilines is 3. The quantitative estimate of drug-likeness (QED) is 0.717. The van der Waals surface area contributed by atoms with Gasteiger partial charge in [0, 0.05) is 38.8 Å². The van der Waals surface area contributed by atoms with Crippen LogP contribution in [0.25, 0.3) is 11.3 Å². The monoisotopic (exact) mass is 414 g/mol. The molecule has 4 rings (SSSR count). The molecule has 2 aromatic rings. The van der Waals surface area contributed by atoms with Gasteiger partial charge in [-0.3, -0.25) is 4.79 Å². The fourth-order valence-electron chi connectivity index (χ4n) is 3.61. The molecule has 2 aromatic heterocycles. The van der Waals surface area contributed by atoms with Crippen LogP contribution >= 0.6 is 0 Å². The Morgan fingerprint density at radius 1 is 1.20 bits per heavy atom. The molecule has 4 N–H and O–H groups in total. The van der Waals surface area contributed by atoms with Crippen LogP contribution < -0.4 is 21.1 Å². The summed E-state index contributed by atoms with van der Waals surface area (Å²) >= 11 is 0. The highest BCUT2D eigenvalue weighted by Gasteiger charge is 2.25. The Labute approximate surface area is 174 Å². The Bertz CT molecular complexity index is 919. The van der Waals surface area contributed by atoms with Crippen molar-refractivity contribution in [1.29, 1.82) is 0 Å². The lowest BCUT2D eigenvalue weighted by Crippen LogP contribution is -2.43. The maximum atomic E-state index is 11.7. The molecule has 11 nitrogen and oxygen atoms in total. The molecule has 4 heterocycles. The third-order valence-electron chi connectivity index (χ3n) is 5.21. The fourth-order valence-corrected chi connectivity index (χ4v) is 3.61. The van der Waals surface area contributed by atoms with Crippen molar-refractivity contribution in [2.75, 3.05) is 55.8 Å². The summed E-state index contributed by atoms with van der Waals surface area (Å²) in [4.78, 5) is 32.9. The van der Waals surface area contributed by atoms with Gasteiger partial charge in [-0.2, -0.15) is 9.97 Å². The summed E-state index contributed by atoms with van der Waals surface area (Å²) < 4.78 is 11.6. The third-order valence-corrected chi connectivity index (χ3v) is 5.21. The van der Waals surface area contributed by atoms with Gasteiger partial charge >= 0.3 is 0 Å². The molecule has 0 aliphatic carbocycles. The number of rotatable bonds is 4. The maximum Gasteiger partial charge on any atom is 0.229 e. The van der Waals surface area contributed by atoms with Crippen molar-refractivity contribution in [2.45, 2.75) is 25.9 Å². The number of likely N-dealkylation sites (tertiary alicyclic amines) is 1. The molecule has 11 heteroatoms. The van der Waals surface area contributed by atoms with Crippen LogP contribution in [0.15, 0.2) is 12.3 Å². The van der Waals surface area contributed by atoms with Crippen LogP contribution in [0, 0.1) is 0 Å². The summed E-state index contributed by atoms with van der Waals surface area (Å²) in [6.45, 7) is 5.43. The molecule has 160 valence electrons. The number of ether oxygens (including phenoxy) is 2. The molecule has 2 aliphatic rings. The molecule has 2 aliphatic heterocycles. The Balaban J connectivity index is 1.65. The lowest BCUT2D eigenvalue weighted by atomic mass is 10.1. The van der Waals surface area contributed by atoms with Gasteiger partial charge in [0.05, 0.1) is 31.0 Å². The highest BCUT2D eigenvalue weighted by Crippen LogP contribution is 2.29. The first kappa shape index (κ1) is 20.1. The van der Waals surface area contributed by atoms with Crippen molar-refractivity contribution in [1.82, 2.24) is 24.8 Å². The van der Waals surface area contributed by atoms with Crippen LogP contribution in [0.1, 0.15) is 19.8 Å². The normalized spacial score (nSPS) is 19.6. The van der Waals surface area contributed by atoms with Crippen LogP contribution in [0.5, 0.6) is 5.88 Å². The van der Waals surface area contributed by atoms with E-state index >= 15 is 0 Å². The summed E-state index contributed by atoms with van der Waals surface area (Å²) in [5.74, 6) is 1.34. The summed E-state index contributed by atoms with van der Waals surface area (Å²) in [6.07, 6.45) is 3.15. The van der Waals surface area contributed by atoms with Gasteiger partial charge in [-0.15, -0.1) is 0 Å². The van der Waals surface area contributed by atoms with Gasteiger partial charge in [0.25, 0.3) is 0 Å². The van der Waals surface area contributed by atoms with Crippen molar-refractivity contribution in [3.05, 3.63) is 12.3 Å². The molecule has 0 radical (unpaired) electrons. The Morgan fingerprint density at radius 3 is 2.73 bits per heavy atom. The van der Waals surface area contributed by atoms with E-state index in [1.54, 1.807) is 24.1 Å². The minimum Gasteiger partial charge on any atom is -0.472 e. The van der Waals surface area contributed by atoms with Crippen LogP contribution in [0.2, 0.25) is 0 Å². The van der Waals surface area contributed by atoms with Gasteiger partial charge in [0.2, 0.25) is 23.7 Å². The predicted molar refractivity (Wildman–Crippen MR) is 111 cm³/mol. The number of nitrogens with two attached hydrogens (primary N) is 2. The number of aromatic nitrogens is 4. The van der Waals surface area contributed by atoms with Gasteiger partial charge in [-0.05, 0) is 12.8 Å². The van der Waals surface area contributed by atoms with E-state index in [1.807, 2.05) is 4.90 Å². The molecule has 1 unspecified atom stereocenters. The average molecular weight is 414 g/mol. The molecule has 2 saturated heterocycles. The number of morpholine rings is 1. The minimum atomic E-state index is -0.136. The fraction of sp³-hybridized carbons (Fsp3) is 0.526. The van der Waals surface area contributed by atoms with E-state index in [1.165, 1.54) is 0 Å². The molecule has 0 spiro atoms. The van der Waals surface area contributed by atoms with Crippen molar-refractivity contribution < 1.29 is 14.3 Å². The summed E-state index contributed by atoms with van der Waals surface area (Å²) in [6, 6.07) is 1.72. The Hall–Kier alpha value is -3.21. The van der Waals surface area contributed by atoms with E-state index in [9.17, 15) is 4.79 Å². The molecule has 0 saturated carbocycles. The number of hydrogen-bond donors (Lipinski definition) is 2. The first-order valence-electron chi connectivity index (χ1n) is 10.0. The van der Waals surface area contributed by atoms with E-state index < -0.39 is 0 Å². The number of piperidine rings is 1. The predicted octanol–water partition coefficient (Wildman–Crippen LogP) is 0.324. The molecule has 0 aromatic carbocycles. The zero-order valence-electron chi connectivity index (χ0n) is 17.0. The third kappa shape index (κ3) is 4.51. The first-order valence-corrected chi connectivity index (χ1v) is 10.0.